The van der Waals surface area contributed by atoms with Gasteiger partial charge >= 0.3 is 0 Å². The molecule has 0 aliphatic rings. The van der Waals surface area contributed by atoms with Crippen LogP contribution in [0, 0.1) is 5.92 Å². The molecule has 1 aromatic carbocycles. The van der Waals surface area contributed by atoms with Crippen molar-refractivity contribution in [3.05, 3.63) is 35.9 Å². The van der Waals surface area contributed by atoms with Gasteiger partial charge in [-0.15, -0.1) is 0 Å². The van der Waals surface area contributed by atoms with Gasteiger partial charge in [-0.1, -0.05) is 51.1 Å². The van der Waals surface area contributed by atoms with E-state index in [1.807, 2.05) is 0 Å². The van der Waals surface area contributed by atoms with Gasteiger partial charge in [-0.3, -0.25) is 0 Å². The van der Waals surface area contributed by atoms with Crippen LogP contribution in [0.25, 0.3) is 0 Å². The van der Waals surface area contributed by atoms with Crippen LogP contribution in [-0.4, -0.2) is 18.2 Å². The van der Waals surface area contributed by atoms with Crippen LogP contribution in [0.4, 0.5) is 0 Å². The normalized spacial score (nSPS) is 12.2. The molecule has 18 heavy (non-hydrogen) atoms. The van der Waals surface area contributed by atoms with Crippen molar-refractivity contribution in [2.45, 2.75) is 33.1 Å². The van der Waals surface area contributed by atoms with Gasteiger partial charge in [0.1, 0.15) is 0 Å². The van der Waals surface area contributed by atoms with E-state index in [1.54, 1.807) is 0 Å². The van der Waals surface area contributed by atoms with Crippen molar-refractivity contribution in [1.29, 1.82) is 0 Å². The van der Waals surface area contributed by atoms with Crippen molar-refractivity contribution in [2.24, 2.45) is 5.92 Å². The summed E-state index contributed by atoms with van der Waals surface area (Å²) >= 11 is 5.22. The Labute approximate surface area is 116 Å². The first-order valence-corrected chi connectivity index (χ1v) is 7.07. The maximum atomic E-state index is 5.22. The molecule has 0 radical (unpaired) electrons. The van der Waals surface area contributed by atoms with Gasteiger partial charge in [0, 0.05) is 13.1 Å². The summed E-state index contributed by atoms with van der Waals surface area (Å²) in [6, 6.07) is 10.6. The summed E-state index contributed by atoms with van der Waals surface area (Å²) in [7, 11) is 0. The molecule has 0 fully saturated rings. The lowest BCUT2D eigenvalue weighted by molar-refractivity contribution is 0.611. The molecule has 0 aliphatic carbocycles. The SMILES string of the molecule is CC(C)CNC(=S)NCCC(C)c1ccccc1. The third-order valence-corrected chi connectivity index (χ3v) is 3.19. The van der Waals surface area contributed by atoms with E-state index in [1.165, 1.54) is 5.56 Å². The van der Waals surface area contributed by atoms with Crippen molar-refractivity contribution in [1.82, 2.24) is 10.6 Å². The summed E-state index contributed by atoms with van der Waals surface area (Å²) in [5, 5.41) is 7.24. The van der Waals surface area contributed by atoms with Crippen molar-refractivity contribution in [3.8, 4) is 0 Å². The lowest BCUT2D eigenvalue weighted by Gasteiger charge is -2.15. The predicted octanol–water partition coefficient (Wildman–Crippen LogP) is 3.30. The summed E-state index contributed by atoms with van der Waals surface area (Å²) < 4.78 is 0. The van der Waals surface area contributed by atoms with E-state index in [2.05, 4.69) is 61.7 Å². The first kappa shape index (κ1) is 15.0. The Morgan fingerprint density at radius 1 is 1.11 bits per heavy atom. The Hall–Kier alpha value is -1.09. The van der Waals surface area contributed by atoms with E-state index < -0.39 is 0 Å². The lowest BCUT2D eigenvalue weighted by atomic mass is 9.98. The molecule has 0 saturated heterocycles. The van der Waals surface area contributed by atoms with Crippen LogP contribution in [0.15, 0.2) is 30.3 Å². The Bertz CT molecular complexity index is 349. The summed E-state index contributed by atoms with van der Waals surface area (Å²) in [5.41, 5.74) is 1.39. The molecule has 1 unspecified atom stereocenters. The topological polar surface area (TPSA) is 24.1 Å². The van der Waals surface area contributed by atoms with Crippen LogP contribution in [0.1, 0.15) is 38.7 Å². The number of rotatable bonds is 6. The zero-order valence-corrected chi connectivity index (χ0v) is 12.4. The highest BCUT2D eigenvalue weighted by molar-refractivity contribution is 7.80. The third-order valence-electron chi connectivity index (χ3n) is 2.90. The fraction of sp³-hybridized carbons (Fsp3) is 0.533. The summed E-state index contributed by atoms with van der Waals surface area (Å²) in [6.07, 6.45) is 1.09. The molecule has 0 aliphatic heterocycles. The molecule has 0 amide bonds. The first-order chi connectivity index (χ1) is 8.59. The Morgan fingerprint density at radius 3 is 2.39 bits per heavy atom. The van der Waals surface area contributed by atoms with Crippen LogP contribution < -0.4 is 10.6 Å². The predicted molar refractivity (Wildman–Crippen MR) is 82.9 cm³/mol. The second kappa shape index (κ2) is 8.09. The minimum absolute atomic E-state index is 0.562. The number of hydrogen-bond donors (Lipinski definition) is 2. The second-order valence-corrected chi connectivity index (χ2v) is 5.54. The molecular weight excluding hydrogens is 240 g/mol. The van der Waals surface area contributed by atoms with Gasteiger partial charge in [0.15, 0.2) is 5.11 Å². The van der Waals surface area contributed by atoms with Gasteiger partial charge < -0.3 is 10.6 Å². The number of thiocarbonyl (C=S) groups is 1. The van der Waals surface area contributed by atoms with Crippen LogP contribution in [0.2, 0.25) is 0 Å². The first-order valence-electron chi connectivity index (χ1n) is 6.66. The molecule has 2 nitrogen and oxygen atoms in total. The Morgan fingerprint density at radius 2 is 1.78 bits per heavy atom. The molecule has 1 atom stereocenters. The van der Waals surface area contributed by atoms with E-state index >= 15 is 0 Å². The fourth-order valence-corrected chi connectivity index (χ4v) is 1.90. The van der Waals surface area contributed by atoms with Crippen LogP contribution in [0.3, 0.4) is 0 Å². The Kier molecular flexibility index (Phi) is 6.73. The van der Waals surface area contributed by atoms with E-state index in [9.17, 15) is 0 Å². The van der Waals surface area contributed by atoms with Gasteiger partial charge in [-0.2, -0.15) is 0 Å². The van der Waals surface area contributed by atoms with Gasteiger partial charge in [0.05, 0.1) is 0 Å². The molecule has 0 spiro atoms. The highest BCUT2D eigenvalue weighted by Crippen LogP contribution is 2.17. The smallest absolute Gasteiger partial charge is 0.166 e. The molecule has 1 aromatic rings. The van der Waals surface area contributed by atoms with E-state index in [-0.39, 0.29) is 0 Å². The molecule has 100 valence electrons. The molecular formula is C15H24N2S. The molecule has 0 heterocycles. The minimum Gasteiger partial charge on any atom is -0.363 e. The largest absolute Gasteiger partial charge is 0.363 e. The highest BCUT2D eigenvalue weighted by Gasteiger charge is 2.04. The summed E-state index contributed by atoms with van der Waals surface area (Å²) in [4.78, 5) is 0. The number of nitrogens with one attached hydrogen (secondary N) is 2. The highest BCUT2D eigenvalue weighted by atomic mass is 32.1. The lowest BCUT2D eigenvalue weighted by Crippen LogP contribution is -2.37. The maximum Gasteiger partial charge on any atom is 0.166 e. The molecule has 1 rings (SSSR count). The second-order valence-electron chi connectivity index (χ2n) is 5.13. The van der Waals surface area contributed by atoms with Crippen molar-refractivity contribution in [2.75, 3.05) is 13.1 Å². The monoisotopic (exact) mass is 264 g/mol. The fourth-order valence-electron chi connectivity index (χ4n) is 1.71. The van der Waals surface area contributed by atoms with Crippen LogP contribution in [-0.2, 0) is 0 Å². The molecule has 0 aromatic heterocycles. The summed E-state index contributed by atoms with van der Waals surface area (Å²) in [5.74, 6) is 1.18. The van der Waals surface area contributed by atoms with Crippen molar-refractivity contribution < 1.29 is 0 Å². The standard InChI is InChI=1S/C15H24N2S/c1-12(2)11-17-15(18)16-10-9-13(3)14-7-5-4-6-8-14/h4-8,12-13H,9-11H2,1-3H3,(H2,16,17,18). The van der Waals surface area contributed by atoms with Gasteiger partial charge in [0.25, 0.3) is 0 Å². The molecule has 0 saturated carbocycles. The zero-order valence-electron chi connectivity index (χ0n) is 11.6. The molecule has 3 heteroatoms. The number of hydrogen-bond acceptors (Lipinski definition) is 1. The molecule has 2 N–H and O–H groups in total. The van der Waals surface area contributed by atoms with Gasteiger partial charge in [0.2, 0.25) is 0 Å². The maximum absolute atomic E-state index is 5.22. The van der Waals surface area contributed by atoms with Crippen LogP contribution >= 0.6 is 12.2 Å². The van der Waals surface area contributed by atoms with Gasteiger partial charge in [-0.05, 0) is 36.0 Å². The van der Waals surface area contributed by atoms with E-state index in [0.29, 0.717) is 11.8 Å². The quantitative estimate of drug-likeness (QED) is 0.771. The van der Waals surface area contributed by atoms with E-state index in [4.69, 9.17) is 12.2 Å². The average Bonchev–Trinajstić information content (AvgIpc) is 2.37. The summed E-state index contributed by atoms with van der Waals surface area (Å²) in [6.45, 7) is 8.45. The Balaban J connectivity index is 2.19. The zero-order chi connectivity index (χ0) is 13.4. The molecule has 0 bridgehead atoms. The minimum atomic E-state index is 0.562. The number of benzene rings is 1. The van der Waals surface area contributed by atoms with Crippen molar-refractivity contribution in [3.63, 3.8) is 0 Å². The van der Waals surface area contributed by atoms with Crippen LogP contribution in [0.5, 0.6) is 0 Å². The third kappa shape index (κ3) is 6.01. The average molecular weight is 264 g/mol. The van der Waals surface area contributed by atoms with Gasteiger partial charge in [-0.25, -0.2) is 0 Å². The van der Waals surface area contributed by atoms with E-state index in [0.717, 1.165) is 24.6 Å². The van der Waals surface area contributed by atoms with Crippen molar-refractivity contribution >= 4 is 17.3 Å².